The third-order valence-electron chi connectivity index (χ3n) is 17.1. The average molecular weight is 961 g/mol. The van der Waals surface area contributed by atoms with Gasteiger partial charge in [-0.25, -0.2) is 0 Å². The molecule has 0 saturated heterocycles. The van der Waals surface area contributed by atoms with E-state index in [2.05, 4.69) is 250 Å². The molecule has 0 radical (unpaired) electrons. The molecule has 13 aromatic carbocycles. The van der Waals surface area contributed by atoms with Crippen LogP contribution >= 0.6 is 0 Å². The number of aryl methyl sites for hydroxylation is 2. The molecule has 2 heterocycles. The molecule has 2 aliphatic rings. The van der Waals surface area contributed by atoms with Crippen molar-refractivity contribution in [2.45, 2.75) is 53.4 Å². The topological polar surface area (TPSA) is 6.48 Å². The fourth-order valence-corrected chi connectivity index (χ4v) is 13.9. The Morgan fingerprint density at radius 1 is 0.307 bits per heavy atom. The lowest BCUT2D eigenvalue weighted by Crippen LogP contribution is -2.61. The zero-order chi connectivity index (χ0) is 50.1. The lowest BCUT2D eigenvalue weighted by molar-refractivity contribution is 0.588. The molecule has 0 fully saturated rings. The first kappa shape index (κ1) is 44.1. The quantitative estimate of drug-likeness (QED) is 0.111. The Kier molecular flexibility index (Phi) is 10.0. The monoisotopic (exact) mass is 960 g/mol. The van der Waals surface area contributed by atoms with Crippen molar-refractivity contribution < 1.29 is 0 Å². The SMILES string of the molecule is CC(C)CCc1cc2c(c3ccccc13)N(c1cccc3c4ccccc4c4ccccc4c13)c1cccc3c1B2c1cc(CCC(C)C)c2ccccc2c1N3c1cccc2c3ccccc3c3ccccc3c12. The Morgan fingerprint density at radius 2 is 0.587 bits per heavy atom. The second-order valence-corrected chi connectivity index (χ2v) is 22.3. The van der Waals surface area contributed by atoms with Crippen molar-refractivity contribution in [2.24, 2.45) is 11.8 Å². The summed E-state index contributed by atoms with van der Waals surface area (Å²) in [6.07, 6.45) is 4.29. The standard InChI is InChI=1S/C72H57BN2/c1-44(2)38-40-46-42-62-71(60-30-15-5-20-48(46)60)74(64-34-17-32-58-54-24-9-7-22-50(54)52-26-11-13-28-56(52)68(58)64)66-36-19-37-67-70(66)73(62)63-43-47(41-39-45(3)4)49-21-6-16-31-61(49)72(63)75(67)65-35-18-33-59-55-25-10-8-23-51(55)53-27-12-14-29-57(53)69(59)65/h5-37,42-45H,38-41H2,1-4H3. The Balaban J connectivity index is 1.13. The molecule has 0 saturated carbocycles. The average Bonchev–Trinajstić information content (AvgIpc) is 3.48. The van der Waals surface area contributed by atoms with Crippen LogP contribution in [-0.4, -0.2) is 6.71 Å². The molecule has 0 aliphatic carbocycles. The van der Waals surface area contributed by atoms with Crippen LogP contribution in [0.1, 0.15) is 51.7 Å². The van der Waals surface area contributed by atoms with Gasteiger partial charge < -0.3 is 9.80 Å². The second-order valence-electron chi connectivity index (χ2n) is 22.3. The van der Waals surface area contributed by atoms with Gasteiger partial charge in [-0.3, -0.25) is 0 Å². The molecule has 75 heavy (non-hydrogen) atoms. The molecule has 0 aromatic heterocycles. The normalized spacial score (nSPS) is 13.2. The largest absolute Gasteiger partial charge is 0.310 e. The molecule has 15 rings (SSSR count). The number of rotatable bonds is 8. The minimum absolute atomic E-state index is 0.0430. The predicted octanol–water partition coefficient (Wildman–Crippen LogP) is 18.2. The number of fused-ring (bicyclic) bond motifs is 20. The van der Waals surface area contributed by atoms with Gasteiger partial charge in [-0.05, 0) is 154 Å². The maximum absolute atomic E-state index is 2.71. The van der Waals surface area contributed by atoms with Gasteiger partial charge in [0.25, 0.3) is 6.71 Å². The number of hydrogen-bond donors (Lipinski definition) is 0. The highest BCUT2D eigenvalue weighted by Crippen LogP contribution is 2.53. The molecule has 3 heteroatoms. The highest BCUT2D eigenvalue weighted by Gasteiger charge is 2.45. The van der Waals surface area contributed by atoms with E-state index in [0.717, 1.165) is 25.7 Å². The van der Waals surface area contributed by atoms with Crippen LogP contribution in [0.4, 0.5) is 34.1 Å². The summed E-state index contributed by atoms with van der Waals surface area (Å²) in [5.41, 5.74) is 14.5. The summed E-state index contributed by atoms with van der Waals surface area (Å²) in [5.74, 6) is 1.16. The van der Waals surface area contributed by atoms with Gasteiger partial charge in [0.15, 0.2) is 0 Å². The van der Waals surface area contributed by atoms with Gasteiger partial charge in [0.05, 0.1) is 11.4 Å². The molecule has 0 bridgehead atoms. The van der Waals surface area contributed by atoms with Crippen LogP contribution in [0.5, 0.6) is 0 Å². The van der Waals surface area contributed by atoms with Crippen molar-refractivity contribution in [1.82, 2.24) is 0 Å². The van der Waals surface area contributed by atoms with E-state index in [1.165, 1.54) is 148 Å². The molecule has 0 N–H and O–H groups in total. The van der Waals surface area contributed by atoms with E-state index in [9.17, 15) is 0 Å². The molecule has 0 amide bonds. The van der Waals surface area contributed by atoms with Crippen LogP contribution < -0.4 is 26.2 Å². The smallest absolute Gasteiger partial charge is 0.252 e. The van der Waals surface area contributed by atoms with Gasteiger partial charge in [-0.2, -0.15) is 0 Å². The van der Waals surface area contributed by atoms with Crippen molar-refractivity contribution >= 4 is 143 Å². The van der Waals surface area contributed by atoms with Crippen molar-refractivity contribution in [2.75, 3.05) is 9.80 Å². The maximum atomic E-state index is 2.71. The predicted molar refractivity (Wildman–Crippen MR) is 327 cm³/mol. The van der Waals surface area contributed by atoms with Gasteiger partial charge >= 0.3 is 0 Å². The fraction of sp³-hybridized carbons (Fsp3) is 0.139. The Labute approximate surface area is 439 Å². The molecular weight excluding hydrogens is 904 g/mol. The molecule has 0 atom stereocenters. The summed E-state index contributed by atoms with van der Waals surface area (Å²) in [7, 11) is 0. The molecule has 0 spiro atoms. The summed E-state index contributed by atoms with van der Waals surface area (Å²) in [5, 5.41) is 20.7. The second kappa shape index (κ2) is 17.1. The summed E-state index contributed by atoms with van der Waals surface area (Å²) < 4.78 is 0. The first-order chi connectivity index (χ1) is 36.9. The summed E-state index contributed by atoms with van der Waals surface area (Å²) in [6.45, 7) is 9.44. The fourth-order valence-electron chi connectivity index (χ4n) is 13.9. The zero-order valence-corrected chi connectivity index (χ0v) is 43.2. The zero-order valence-electron chi connectivity index (χ0n) is 43.2. The number of benzene rings is 13. The van der Waals surface area contributed by atoms with Crippen LogP contribution in [0.3, 0.4) is 0 Å². The van der Waals surface area contributed by atoms with E-state index in [1.54, 1.807) is 0 Å². The Bertz CT molecular complexity index is 4150. The number of anilines is 6. The van der Waals surface area contributed by atoms with Gasteiger partial charge in [0.2, 0.25) is 0 Å². The molecule has 13 aromatic rings. The molecule has 2 nitrogen and oxygen atoms in total. The van der Waals surface area contributed by atoms with Gasteiger partial charge in [0, 0.05) is 44.3 Å². The number of nitrogens with zero attached hydrogens (tertiary/aromatic N) is 2. The van der Waals surface area contributed by atoms with E-state index in [0.29, 0.717) is 11.8 Å². The van der Waals surface area contributed by atoms with Gasteiger partial charge in [-0.15, -0.1) is 0 Å². The third kappa shape index (κ3) is 6.53. The number of hydrogen-bond acceptors (Lipinski definition) is 2. The molecular formula is C72H57BN2. The van der Waals surface area contributed by atoms with Crippen LogP contribution in [-0.2, 0) is 12.8 Å². The van der Waals surface area contributed by atoms with Crippen LogP contribution in [0.15, 0.2) is 212 Å². The van der Waals surface area contributed by atoms with E-state index in [4.69, 9.17) is 0 Å². The van der Waals surface area contributed by atoms with E-state index < -0.39 is 0 Å². The third-order valence-corrected chi connectivity index (χ3v) is 17.1. The molecule has 0 unspecified atom stereocenters. The lowest BCUT2D eigenvalue weighted by Gasteiger charge is -2.45. The van der Waals surface area contributed by atoms with Gasteiger partial charge in [-0.1, -0.05) is 216 Å². The first-order valence-electron chi connectivity index (χ1n) is 27.4. The lowest BCUT2D eigenvalue weighted by atomic mass is 9.33. The van der Waals surface area contributed by atoms with E-state index in [1.807, 2.05) is 0 Å². The highest BCUT2D eigenvalue weighted by molar-refractivity contribution is 7.01. The van der Waals surface area contributed by atoms with Crippen molar-refractivity contribution in [3.05, 3.63) is 223 Å². The first-order valence-corrected chi connectivity index (χ1v) is 27.4. The summed E-state index contributed by atoms with van der Waals surface area (Å²) in [4.78, 5) is 5.41. The van der Waals surface area contributed by atoms with Crippen molar-refractivity contribution in [3.8, 4) is 0 Å². The van der Waals surface area contributed by atoms with Crippen molar-refractivity contribution in [3.63, 3.8) is 0 Å². The van der Waals surface area contributed by atoms with Crippen LogP contribution in [0.2, 0.25) is 0 Å². The van der Waals surface area contributed by atoms with Crippen molar-refractivity contribution in [1.29, 1.82) is 0 Å². The highest BCUT2D eigenvalue weighted by atomic mass is 15.2. The van der Waals surface area contributed by atoms with Gasteiger partial charge in [0.1, 0.15) is 0 Å². The Hall–Kier alpha value is -8.40. The summed E-state index contributed by atoms with van der Waals surface area (Å²) >= 11 is 0. The van der Waals surface area contributed by atoms with E-state index in [-0.39, 0.29) is 6.71 Å². The Morgan fingerprint density at radius 3 is 0.947 bits per heavy atom. The minimum atomic E-state index is -0.0430. The maximum Gasteiger partial charge on any atom is 0.252 e. The van der Waals surface area contributed by atoms with E-state index >= 15 is 0 Å². The van der Waals surface area contributed by atoms with Crippen LogP contribution in [0.25, 0.3) is 86.2 Å². The summed E-state index contributed by atoms with van der Waals surface area (Å²) in [6, 6.07) is 81.6. The molecule has 358 valence electrons. The minimum Gasteiger partial charge on any atom is -0.310 e. The van der Waals surface area contributed by atoms with Crippen LogP contribution in [0, 0.1) is 11.8 Å². The molecule has 2 aliphatic heterocycles.